The maximum absolute atomic E-state index is 14.0. The van der Waals surface area contributed by atoms with Crippen LogP contribution in [0.1, 0.15) is 23.6 Å². The molecule has 0 spiro atoms. The smallest absolute Gasteiger partial charge is 0.207 e. The highest BCUT2D eigenvalue weighted by molar-refractivity contribution is 7.92. The van der Waals surface area contributed by atoms with Gasteiger partial charge in [0.1, 0.15) is 11.2 Å². The molecule has 53 heavy (non-hydrogen) atoms. The molecule has 1 aliphatic rings. The highest BCUT2D eigenvalue weighted by Gasteiger charge is 2.33. The van der Waals surface area contributed by atoms with Gasteiger partial charge in [-0.3, -0.25) is 0 Å². The Morgan fingerprint density at radius 1 is 0.509 bits per heavy atom. The first-order valence-corrected chi connectivity index (χ1v) is 18.8. The molecule has 0 amide bonds. The van der Waals surface area contributed by atoms with Crippen molar-refractivity contribution in [3.8, 4) is 33.4 Å². The van der Waals surface area contributed by atoms with E-state index in [1.807, 2.05) is 122 Å². The molecule has 0 saturated carbocycles. The van der Waals surface area contributed by atoms with E-state index in [4.69, 9.17) is 14.4 Å². The highest BCUT2D eigenvalue weighted by atomic mass is 32.2. The van der Waals surface area contributed by atoms with Crippen molar-refractivity contribution in [2.45, 2.75) is 16.7 Å². The van der Waals surface area contributed by atoms with Crippen LogP contribution in [0.2, 0.25) is 0 Å². The minimum absolute atomic E-state index is 0.272. The first-order valence-electron chi connectivity index (χ1n) is 17.3. The molecule has 0 saturated heterocycles. The molecule has 0 aliphatic carbocycles. The zero-order chi connectivity index (χ0) is 36.1. The summed E-state index contributed by atoms with van der Waals surface area (Å²) in [6.07, 6.45) is 0. The van der Waals surface area contributed by atoms with Gasteiger partial charge in [0, 0.05) is 33.2 Å². The lowest BCUT2D eigenvalue weighted by Crippen LogP contribution is -2.05. The molecule has 7 aromatic carbocycles. The molecule has 254 valence electrons. The first-order chi connectivity index (χ1) is 25.8. The molecule has 0 fully saturated rings. The lowest BCUT2D eigenvalue weighted by Gasteiger charge is -2.09. The molecule has 0 radical (unpaired) electrons. The Hall–Kier alpha value is -6.63. The van der Waals surface area contributed by atoms with Crippen molar-refractivity contribution in [2.24, 2.45) is 9.98 Å². The first kappa shape index (κ1) is 32.3. The second-order valence-corrected chi connectivity index (χ2v) is 15.0. The van der Waals surface area contributed by atoms with Crippen LogP contribution in [-0.2, 0) is 9.84 Å². The molecular formula is C47H32N2O3S. The van der Waals surface area contributed by atoms with Crippen molar-refractivity contribution in [3.63, 3.8) is 0 Å². The van der Waals surface area contributed by atoms with E-state index in [-0.39, 0.29) is 4.90 Å². The topological polar surface area (TPSA) is 72.0 Å². The number of sulfone groups is 1. The van der Waals surface area contributed by atoms with Gasteiger partial charge in [0.25, 0.3) is 0 Å². The molecule has 0 atom stereocenters. The fraction of sp³-hybridized carbons (Fsp3) is 0.0213. The Morgan fingerprint density at radius 2 is 1.13 bits per heavy atom. The lowest BCUT2D eigenvalue weighted by atomic mass is 9.97. The average Bonchev–Trinajstić information content (AvgIpc) is 3.69. The summed E-state index contributed by atoms with van der Waals surface area (Å²) < 4.78 is 33.9. The summed E-state index contributed by atoms with van der Waals surface area (Å²) in [6.45, 7) is 6.15. The van der Waals surface area contributed by atoms with Crippen LogP contribution in [0.4, 0.5) is 0 Å². The van der Waals surface area contributed by atoms with Gasteiger partial charge in [-0.15, -0.1) is 0 Å². The number of amidine groups is 1. The third kappa shape index (κ3) is 5.79. The zero-order valence-electron chi connectivity index (χ0n) is 28.8. The summed E-state index contributed by atoms with van der Waals surface area (Å²) in [4.78, 5) is 10.4. The maximum atomic E-state index is 14.0. The fourth-order valence-corrected chi connectivity index (χ4v) is 8.71. The molecule has 1 aliphatic heterocycles. The van der Waals surface area contributed by atoms with Gasteiger partial charge in [-0.25, -0.2) is 18.4 Å². The van der Waals surface area contributed by atoms with E-state index in [9.17, 15) is 8.42 Å². The minimum Gasteiger partial charge on any atom is -0.456 e. The molecule has 2 heterocycles. The minimum atomic E-state index is -3.75. The van der Waals surface area contributed by atoms with Crippen LogP contribution < -0.4 is 0 Å². The third-order valence-electron chi connectivity index (χ3n) is 9.83. The number of aliphatic imine (C=N–C) groups is 2. The van der Waals surface area contributed by atoms with Crippen LogP contribution in [-0.4, -0.2) is 20.0 Å². The number of furan rings is 1. The Bertz CT molecular complexity index is 2910. The van der Waals surface area contributed by atoms with Gasteiger partial charge in [-0.05, 0) is 76.7 Å². The number of rotatable bonds is 6. The summed E-state index contributed by atoms with van der Waals surface area (Å²) >= 11 is 0. The van der Waals surface area contributed by atoms with Crippen LogP contribution in [0.15, 0.2) is 195 Å². The third-order valence-corrected chi connectivity index (χ3v) is 11.7. The molecule has 8 aromatic rings. The number of hydrogen-bond acceptors (Lipinski definition) is 4. The van der Waals surface area contributed by atoms with Crippen molar-refractivity contribution < 1.29 is 12.8 Å². The molecule has 0 unspecified atom stereocenters. The SMILES string of the molecule is C=C(N=C(N=C(C)c1ccc2c(c1)S(=O)(=O)c1ccc(-c3ccc4oc5ccccc5c4c3)cc1-2)c1ccccc1)c1ccc(-c2ccccc2)cc1. The molecule has 1 aromatic heterocycles. The highest BCUT2D eigenvalue weighted by Crippen LogP contribution is 2.45. The molecule has 0 N–H and O–H groups in total. The Kier molecular flexibility index (Phi) is 7.83. The van der Waals surface area contributed by atoms with Gasteiger partial charge in [-0.1, -0.05) is 134 Å². The van der Waals surface area contributed by atoms with E-state index in [0.29, 0.717) is 38.8 Å². The van der Waals surface area contributed by atoms with Crippen molar-refractivity contribution in [1.82, 2.24) is 0 Å². The number of nitrogens with zero attached hydrogens (tertiary/aromatic N) is 2. The van der Waals surface area contributed by atoms with Crippen molar-refractivity contribution in [3.05, 3.63) is 187 Å². The number of fused-ring (bicyclic) bond motifs is 6. The van der Waals surface area contributed by atoms with Gasteiger partial charge < -0.3 is 4.42 Å². The van der Waals surface area contributed by atoms with Crippen LogP contribution >= 0.6 is 0 Å². The molecular weight excluding hydrogens is 673 g/mol. The van der Waals surface area contributed by atoms with Crippen LogP contribution in [0.5, 0.6) is 0 Å². The Morgan fingerprint density at radius 3 is 1.92 bits per heavy atom. The maximum Gasteiger partial charge on any atom is 0.207 e. The second kappa shape index (κ2) is 12.9. The zero-order valence-corrected chi connectivity index (χ0v) is 29.6. The van der Waals surface area contributed by atoms with Gasteiger partial charge >= 0.3 is 0 Å². The largest absolute Gasteiger partial charge is 0.456 e. The number of hydrogen-bond donors (Lipinski definition) is 0. The van der Waals surface area contributed by atoms with E-state index >= 15 is 0 Å². The molecule has 0 bridgehead atoms. The van der Waals surface area contributed by atoms with Gasteiger partial charge in [0.2, 0.25) is 9.84 Å². The van der Waals surface area contributed by atoms with Crippen molar-refractivity contribution >= 4 is 49.0 Å². The van der Waals surface area contributed by atoms with E-state index in [0.717, 1.165) is 55.3 Å². The van der Waals surface area contributed by atoms with Crippen molar-refractivity contribution in [1.29, 1.82) is 0 Å². The predicted molar refractivity (Wildman–Crippen MR) is 216 cm³/mol. The molecule has 5 nitrogen and oxygen atoms in total. The molecule has 6 heteroatoms. The summed E-state index contributed by atoms with van der Waals surface area (Å²) in [5.41, 5.74) is 10.8. The Labute approximate surface area is 307 Å². The fourth-order valence-electron chi connectivity index (χ4n) is 7.01. The Balaban J connectivity index is 1.05. The van der Waals surface area contributed by atoms with Crippen molar-refractivity contribution in [2.75, 3.05) is 0 Å². The number of para-hydroxylation sites is 1. The lowest BCUT2D eigenvalue weighted by molar-refractivity contribution is 0.598. The predicted octanol–water partition coefficient (Wildman–Crippen LogP) is 11.7. The van der Waals surface area contributed by atoms with Gasteiger partial charge in [-0.2, -0.15) is 0 Å². The molecule has 9 rings (SSSR count). The summed E-state index contributed by atoms with van der Waals surface area (Å²) in [7, 11) is -3.75. The van der Waals surface area contributed by atoms with Gasteiger partial charge in [0.15, 0.2) is 5.84 Å². The van der Waals surface area contributed by atoms with E-state index in [2.05, 4.69) is 43.0 Å². The summed E-state index contributed by atoms with van der Waals surface area (Å²) in [6, 6.07) is 53.3. The monoisotopic (exact) mass is 704 g/mol. The van der Waals surface area contributed by atoms with E-state index in [1.165, 1.54) is 0 Å². The second-order valence-electron chi connectivity index (χ2n) is 13.1. The van der Waals surface area contributed by atoms with Crippen LogP contribution in [0, 0.1) is 0 Å². The van der Waals surface area contributed by atoms with Crippen LogP contribution in [0.3, 0.4) is 0 Å². The normalized spacial score (nSPS) is 13.6. The van der Waals surface area contributed by atoms with E-state index < -0.39 is 9.84 Å². The standard InChI is InChI=1S/C47H32N2O3S/c1-30(32-17-19-34(20-18-32)33-11-5-3-6-12-33)48-47(35-13-7-4-8-14-35)49-31(2)36-21-24-40-42-28-38(23-26-45(42)53(50,51)46(40)29-36)37-22-25-44-41(27-37)39-15-9-10-16-43(39)52-44/h3-29H,1H2,2H3. The van der Waals surface area contributed by atoms with Gasteiger partial charge in [0.05, 0.1) is 15.5 Å². The average molecular weight is 705 g/mol. The quantitative estimate of drug-likeness (QED) is 0.128. The number of benzene rings is 7. The summed E-state index contributed by atoms with van der Waals surface area (Å²) in [5.74, 6) is 0.485. The van der Waals surface area contributed by atoms with E-state index in [1.54, 1.807) is 12.1 Å². The van der Waals surface area contributed by atoms with Crippen LogP contribution in [0.25, 0.3) is 61.0 Å². The summed E-state index contributed by atoms with van der Waals surface area (Å²) in [5, 5.41) is 2.07.